The van der Waals surface area contributed by atoms with E-state index in [9.17, 15) is 18.4 Å². The summed E-state index contributed by atoms with van der Waals surface area (Å²) >= 11 is 7.71. The van der Waals surface area contributed by atoms with E-state index in [2.05, 4.69) is 5.32 Å². The molecule has 2 aromatic heterocycles. The zero-order valence-corrected chi connectivity index (χ0v) is 25.1. The first-order valence-electron chi connectivity index (χ1n) is 13.8. The SMILES string of the molecule is COc1ccc(-c2sc3c(c2CNCc2ccccc2)c(=O)n(-c2ccccc2Cl)c(=O)n3Cc2c(F)cccc2F)cc1. The van der Waals surface area contributed by atoms with Crippen LogP contribution in [-0.2, 0) is 19.6 Å². The highest BCUT2D eigenvalue weighted by atomic mass is 35.5. The van der Waals surface area contributed by atoms with E-state index in [1.165, 1.54) is 22.0 Å². The number of thiophene rings is 1. The topological polar surface area (TPSA) is 65.3 Å². The summed E-state index contributed by atoms with van der Waals surface area (Å²) in [5, 5.41) is 3.88. The van der Waals surface area contributed by atoms with Crippen molar-refractivity contribution in [1.82, 2.24) is 14.5 Å². The second kappa shape index (κ2) is 12.6. The molecule has 0 unspecified atom stereocenters. The minimum Gasteiger partial charge on any atom is -0.497 e. The average Bonchev–Trinajstić information content (AvgIpc) is 3.41. The van der Waals surface area contributed by atoms with E-state index in [0.717, 1.165) is 32.7 Å². The number of aromatic nitrogens is 2. The maximum atomic E-state index is 14.9. The molecule has 6 nitrogen and oxygen atoms in total. The van der Waals surface area contributed by atoms with Gasteiger partial charge in [0.05, 0.1) is 29.8 Å². The Morgan fingerprint density at radius 3 is 2.18 bits per heavy atom. The Morgan fingerprint density at radius 2 is 1.50 bits per heavy atom. The molecule has 6 aromatic rings. The van der Waals surface area contributed by atoms with Crippen LogP contribution in [0.1, 0.15) is 16.7 Å². The molecule has 0 atom stereocenters. The predicted molar refractivity (Wildman–Crippen MR) is 171 cm³/mol. The molecule has 0 aliphatic rings. The van der Waals surface area contributed by atoms with Gasteiger partial charge in [-0.05, 0) is 65.2 Å². The van der Waals surface area contributed by atoms with Crippen molar-refractivity contribution in [3.8, 4) is 21.9 Å². The molecule has 4 aromatic carbocycles. The summed E-state index contributed by atoms with van der Waals surface area (Å²) in [7, 11) is 1.57. The van der Waals surface area contributed by atoms with Crippen molar-refractivity contribution < 1.29 is 13.5 Å². The number of para-hydroxylation sites is 1. The van der Waals surface area contributed by atoms with Gasteiger partial charge in [0, 0.05) is 23.5 Å². The third kappa shape index (κ3) is 5.57. The van der Waals surface area contributed by atoms with Gasteiger partial charge in [-0.15, -0.1) is 11.3 Å². The monoisotopic (exact) mass is 629 g/mol. The van der Waals surface area contributed by atoms with Crippen molar-refractivity contribution in [1.29, 1.82) is 0 Å². The molecule has 0 saturated carbocycles. The number of nitrogens with one attached hydrogen (secondary N) is 1. The van der Waals surface area contributed by atoms with Gasteiger partial charge in [-0.25, -0.2) is 18.1 Å². The second-order valence-electron chi connectivity index (χ2n) is 10.1. The van der Waals surface area contributed by atoms with E-state index in [4.69, 9.17) is 16.3 Å². The number of methoxy groups -OCH3 is 1. The molecule has 2 heterocycles. The Bertz CT molecular complexity index is 2070. The van der Waals surface area contributed by atoms with Gasteiger partial charge in [0.25, 0.3) is 5.56 Å². The van der Waals surface area contributed by atoms with E-state index in [0.29, 0.717) is 22.7 Å². The Labute approximate surface area is 260 Å². The molecule has 222 valence electrons. The minimum atomic E-state index is -0.794. The van der Waals surface area contributed by atoms with Crippen molar-refractivity contribution in [2.75, 3.05) is 7.11 Å². The highest BCUT2D eigenvalue weighted by Crippen LogP contribution is 2.38. The first-order valence-corrected chi connectivity index (χ1v) is 14.9. The molecular weight excluding hydrogens is 604 g/mol. The third-order valence-electron chi connectivity index (χ3n) is 7.37. The zero-order valence-electron chi connectivity index (χ0n) is 23.5. The molecule has 0 aliphatic carbocycles. The van der Waals surface area contributed by atoms with Crippen molar-refractivity contribution in [3.63, 3.8) is 0 Å². The van der Waals surface area contributed by atoms with E-state index >= 15 is 0 Å². The summed E-state index contributed by atoms with van der Waals surface area (Å²) in [6.45, 7) is 0.372. The van der Waals surface area contributed by atoms with Crippen LogP contribution in [0.3, 0.4) is 0 Å². The summed E-state index contributed by atoms with van der Waals surface area (Å²) in [6.07, 6.45) is 0. The molecule has 0 bridgehead atoms. The Morgan fingerprint density at radius 1 is 0.818 bits per heavy atom. The van der Waals surface area contributed by atoms with Crippen LogP contribution in [-0.4, -0.2) is 16.2 Å². The van der Waals surface area contributed by atoms with Crippen LogP contribution in [0.25, 0.3) is 26.3 Å². The highest BCUT2D eigenvalue weighted by Gasteiger charge is 2.25. The lowest BCUT2D eigenvalue weighted by atomic mass is 10.1. The lowest BCUT2D eigenvalue weighted by Crippen LogP contribution is -2.39. The van der Waals surface area contributed by atoms with Crippen molar-refractivity contribution >= 4 is 33.2 Å². The Kier molecular flexibility index (Phi) is 8.43. The number of fused-ring (bicyclic) bond motifs is 1. The van der Waals surface area contributed by atoms with Crippen LogP contribution in [0.4, 0.5) is 8.78 Å². The van der Waals surface area contributed by atoms with Crippen molar-refractivity contribution in [3.05, 3.63) is 151 Å². The predicted octanol–water partition coefficient (Wildman–Crippen LogP) is 7.16. The van der Waals surface area contributed by atoms with Crippen molar-refractivity contribution in [2.24, 2.45) is 0 Å². The van der Waals surface area contributed by atoms with Crippen LogP contribution in [0.15, 0.2) is 107 Å². The number of hydrogen-bond acceptors (Lipinski definition) is 5. The number of nitrogens with zero attached hydrogens (tertiary/aromatic N) is 2. The minimum absolute atomic E-state index is 0.175. The van der Waals surface area contributed by atoms with Crippen LogP contribution >= 0.6 is 22.9 Å². The van der Waals surface area contributed by atoms with Gasteiger partial charge in [-0.2, -0.15) is 0 Å². The number of benzene rings is 4. The molecule has 6 rings (SSSR count). The molecule has 10 heteroatoms. The van der Waals surface area contributed by atoms with E-state index in [-0.39, 0.29) is 28.2 Å². The highest BCUT2D eigenvalue weighted by molar-refractivity contribution is 7.22. The first-order chi connectivity index (χ1) is 21.4. The third-order valence-corrected chi connectivity index (χ3v) is 8.99. The van der Waals surface area contributed by atoms with Crippen LogP contribution in [0.2, 0.25) is 5.02 Å². The normalized spacial score (nSPS) is 11.3. The zero-order chi connectivity index (χ0) is 30.8. The molecular formula is C34H26ClF2N3O3S. The fourth-order valence-electron chi connectivity index (χ4n) is 5.17. The Balaban J connectivity index is 1.63. The van der Waals surface area contributed by atoms with Gasteiger partial charge < -0.3 is 10.1 Å². The molecule has 44 heavy (non-hydrogen) atoms. The smallest absolute Gasteiger partial charge is 0.337 e. The molecule has 0 radical (unpaired) electrons. The van der Waals surface area contributed by atoms with Crippen LogP contribution in [0, 0.1) is 11.6 Å². The van der Waals surface area contributed by atoms with Crippen LogP contribution < -0.4 is 21.3 Å². The van der Waals surface area contributed by atoms with Gasteiger partial charge in [0.1, 0.15) is 22.2 Å². The van der Waals surface area contributed by atoms with E-state index < -0.39 is 29.4 Å². The fourth-order valence-corrected chi connectivity index (χ4v) is 6.70. The maximum absolute atomic E-state index is 14.9. The van der Waals surface area contributed by atoms with Crippen molar-refractivity contribution in [2.45, 2.75) is 19.6 Å². The fraction of sp³-hybridized carbons (Fsp3) is 0.118. The molecule has 0 amide bonds. The molecule has 0 aliphatic heterocycles. The summed E-state index contributed by atoms with van der Waals surface area (Å²) in [5.74, 6) is -0.930. The lowest BCUT2D eigenvalue weighted by molar-refractivity contribution is 0.415. The van der Waals surface area contributed by atoms with Gasteiger partial charge in [-0.1, -0.05) is 60.1 Å². The summed E-state index contributed by atoms with van der Waals surface area (Å²) in [4.78, 5) is 29.5. The second-order valence-corrected chi connectivity index (χ2v) is 11.5. The molecule has 0 fully saturated rings. The number of halogens is 3. The van der Waals surface area contributed by atoms with E-state index in [1.807, 2.05) is 54.6 Å². The summed E-state index contributed by atoms with van der Waals surface area (Å²) in [6, 6.07) is 27.2. The first kappa shape index (κ1) is 29.5. The molecule has 0 spiro atoms. The molecule has 1 N–H and O–H groups in total. The lowest BCUT2D eigenvalue weighted by Gasteiger charge is -2.14. The quantitative estimate of drug-likeness (QED) is 0.184. The van der Waals surface area contributed by atoms with Crippen LogP contribution in [0.5, 0.6) is 5.75 Å². The van der Waals surface area contributed by atoms with Gasteiger partial charge in [0.15, 0.2) is 0 Å². The largest absolute Gasteiger partial charge is 0.497 e. The molecule has 0 saturated heterocycles. The maximum Gasteiger partial charge on any atom is 0.337 e. The summed E-state index contributed by atoms with van der Waals surface area (Å²) in [5.41, 5.74) is 1.06. The Hall–Kier alpha value is -4.57. The van der Waals surface area contributed by atoms with E-state index in [1.54, 1.807) is 31.4 Å². The van der Waals surface area contributed by atoms with Gasteiger partial charge >= 0.3 is 5.69 Å². The van der Waals surface area contributed by atoms with Gasteiger partial charge in [-0.3, -0.25) is 9.36 Å². The standard InChI is InChI=1S/C34H26ClF2N3O3S/c1-43-23-16-14-22(15-17-23)31-24(19-38-18-21-8-3-2-4-9-21)30-32(41)40(29-13-6-5-10-26(29)35)34(42)39(33(30)44-31)20-25-27(36)11-7-12-28(25)37/h2-17,38H,18-20H2,1H3. The number of rotatable bonds is 9. The van der Waals surface area contributed by atoms with Gasteiger partial charge in [0.2, 0.25) is 0 Å². The average molecular weight is 630 g/mol. The summed E-state index contributed by atoms with van der Waals surface area (Å²) < 4.78 is 37.4. The number of ether oxygens (including phenoxy) is 1. The number of hydrogen-bond donors (Lipinski definition) is 1.